The van der Waals surface area contributed by atoms with E-state index in [0.717, 1.165) is 42.4 Å². The summed E-state index contributed by atoms with van der Waals surface area (Å²) in [7, 11) is 1.99. The van der Waals surface area contributed by atoms with Crippen molar-refractivity contribution in [1.82, 2.24) is 19.2 Å². The lowest BCUT2D eigenvalue weighted by Crippen LogP contribution is -2.40. The van der Waals surface area contributed by atoms with Crippen LogP contribution in [0.2, 0.25) is 0 Å². The van der Waals surface area contributed by atoms with E-state index < -0.39 is 0 Å². The second kappa shape index (κ2) is 5.57. The molecule has 0 radical (unpaired) electrons. The predicted molar refractivity (Wildman–Crippen MR) is 89.3 cm³/mol. The molecule has 0 N–H and O–H groups in total. The average molecular weight is 308 g/mol. The molecule has 1 aromatic carbocycles. The molecule has 0 spiro atoms. The molecular weight excluding hydrogens is 288 g/mol. The minimum Gasteiger partial charge on any atom is -0.350 e. The minimum absolute atomic E-state index is 0.124. The fraction of sp³-hybridized carbons (Fsp3) is 0.333. The van der Waals surface area contributed by atoms with Gasteiger partial charge in [-0.25, -0.2) is 0 Å². The average Bonchev–Trinajstić information content (AvgIpc) is 3.23. The molecule has 3 heterocycles. The largest absolute Gasteiger partial charge is 0.350 e. The molecule has 1 fully saturated rings. The Balaban J connectivity index is 1.63. The van der Waals surface area contributed by atoms with Crippen LogP contribution in [0.4, 0.5) is 0 Å². The first kappa shape index (κ1) is 14.1. The lowest BCUT2D eigenvalue weighted by atomic mass is 10.0. The Kier molecular flexibility index (Phi) is 3.41. The summed E-state index contributed by atoms with van der Waals surface area (Å²) in [6.45, 7) is 1.55. The Labute approximate surface area is 135 Å². The molecule has 2 aromatic heterocycles. The SMILES string of the molecule is Cn1cc(C(=O)N2CCC[C@@H](n3cccn3)C2)c2ccccc21. The van der Waals surface area contributed by atoms with Gasteiger partial charge in [0.15, 0.2) is 0 Å². The lowest BCUT2D eigenvalue weighted by molar-refractivity contribution is 0.0675. The Hall–Kier alpha value is -2.56. The number of rotatable bonds is 2. The standard InChI is InChI=1S/C18H20N4O/c1-20-13-16(15-7-2-3-8-17(15)20)18(23)21-10-4-6-14(12-21)22-11-5-9-19-22/h2-3,5,7-9,11,13-14H,4,6,10,12H2,1H3/t14-/m1/s1. The Morgan fingerprint density at radius 3 is 2.96 bits per heavy atom. The summed E-state index contributed by atoms with van der Waals surface area (Å²) in [4.78, 5) is 15.0. The number of likely N-dealkylation sites (tertiary alicyclic amines) is 1. The van der Waals surface area contributed by atoms with Gasteiger partial charge in [-0.3, -0.25) is 9.48 Å². The first-order valence-electron chi connectivity index (χ1n) is 8.06. The normalized spacial score (nSPS) is 18.5. The number of para-hydroxylation sites is 1. The smallest absolute Gasteiger partial charge is 0.256 e. The first-order valence-corrected chi connectivity index (χ1v) is 8.06. The van der Waals surface area contributed by atoms with Gasteiger partial charge in [-0.05, 0) is 25.0 Å². The highest BCUT2D eigenvalue weighted by molar-refractivity contribution is 6.07. The van der Waals surface area contributed by atoms with E-state index in [1.54, 1.807) is 6.20 Å². The molecule has 1 saturated heterocycles. The molecule has 0 saturated carbocycles. The summed E-state index contributed by atoms with van der Waals surface area (Å²) < 4.78 is 4.00. The maximum absolute atomic E-state index is 13.0. The molecule has 5 nitrogen and oxygen atoms in total. The van der Waals surface area contributed by atoms with Crippen molar-refractivity contribution in [3.63, 3.8) is 0 Å². The molecule has 23 heavy (non-hydrogen) atoms. The second-order valence-corrected chi connectivity index (χ2v) is 6.20. The highest BCUT2D eigenvalue weighted by Crippen LogP contribution is 2.26. The van der Waals surface area contributed by atoms with Crippen LogP contribution in [0, 0.1) is 0 Å². The van der Waals surface area contributed by atoms with E-state index in [1.165, 1.54) is 0 Å². The molecule has 3 aromatic rings. The van der Waals surface area contributed by atoms with Crippen molar-refractivity contribution < 1.29 is 4.79 Å². The number of fused-ring (bicyclic) bond motifs is 1. The molecule has 5 heteroatoms. The number of benzene rings is 1. The fourth-order valence-electron chi connectivity index (χ4n) is 3.53. The van der Waals surface area contributed by atoms with Crippen molar-refractivity contribution in [3.8, 4) is 0 Å². The second-order valence-electron chi connectivity index (χ2n) is 6.20. The number of aryl methyl sites for hydroxylation is 1. The van der Waals surface area contributed by atoms with Crippen LogP contribution in [-0.4, -0.2) is 38.2 Å². The summed E-state index contributed by atoms with van der Waals surface area (Å²) in [5.41, 5.74) is 1.89. The molecule has 0 aliphatic carbocycles. The van der Waals surface area contributed by atoms with Gasteiger partial charge >= 0.3 is 0 Å². The van der Waals surface area contributed by atoms with Gasteiger partial charge in [-0.15, -0.1) is 0 Å². The third-order valence-electron chi connectivity index (χ3n) is 4.71. The molecule has 0 unspecified atom stereocenters. The maximum Gasteiger partial charge on any atom is 0.256 e. The molecule has 0 bridgehead atoms. The van der Waals surface area contributed by atoms with Gasteiger partial charge in [0.25, 0.3) is 5.91 Å². The van der Waals surface area contributed by atoms with Crippen molar-refractivity contribution in [2.45, 2.75) is 18.9 Å². The highest BCUT2D eigenvalue weighted by atomic mass is 16.2. The van der Waals surface area contributed by atoms with Crippen LogP contribution in [-0.2, 0) is 7.05 Å². The summed E-state index contributed by atoms with van der Waals surface area (Å²) in [6, 6.07) is 10.3. The van der Waals surface area contributed by atoms with E-state index >= 15 is 0 Å². The Morgan fingerprint density at radius 1 is 1.26 bits per heavy atom. The third-order valence-corrected chi connectivity index (χ3v) is 4.71. The fourth-order valence-corrected chi connectivity index (χ4v) is 3.53. The Bertz CT molecular complexity index is 834. The topological polar surface area (TPSA) is 43.1 Å². The van der Waals surface area contributed by atoms with Gasteiger partial charge in [0.1, 0.15) is 0 Å². The van der Waals surface area contributed by atoms with Crippen LogP contribution in [0.3, 0.4) is 0 Å². The summed E-state index contributed by atoms with van der Waals surface area (Å²) in [5, 5.41) is 5.36. The van der Waals surface area contributed by atoms with Crippen molar-refractivity contribution in [2.75, 3.05) is 13.1 Å². The number of hydrogen-bond donors (Lipinski definition) is 0. The van der Waals surface area contributed by atoms with Crippen molar-refractivity contribution >= 4 is 16.8 Å². The van der Waals surface area contributed by atoms with Gasteiger partial charge in [0, 0.05) is 49.6 Å². The van der Waals surface area contributed by atoms with Crippen LogP contribution >= 0.6 is 0 Å². The van der Waals surface area contributed by atoms with Gasteiger partial charge in [0.2, 0.25) is 0 Å². The number of carbonyl (C=O) groups excluding carboxylic acids is 1. The molecule has 4 rings (SSSR count). The quantitative estimate of drug-likeness (QED) is 0.730. The number of amides is 1. The van der Waals surface area contributed by atoms with Crippen LogP contribution in [0.5, 0.6) is 0 Å². The van der Waals surface area contributed by atoms with Gasteiger partial charge in [-0.1, -0.05) is 18.2 Å². The van der Waals surface area contributed by atoms with E-state index in [9.17, 15) is 4.79 Å². The number of nitrogens with zero attached hydrogens (tertiary/aromatic N) is 4. The minimum atomic E-state index is 0.124. The zero-order chi connectivity index (χ0) is 15.8. The molecule has 1 atom stereocenters. The van der Waals surface area contributed by atoms with E-state index in [0.29, 0.717) is 0 Å². The van der Waals surface area contributed by atoms with Crippen LogP contribution in [0.1, 0.15) is 29.2 Å². The first-order chi connectivity index (χ1) is 11.2. The van der Waals surface area contributed by atoms with Gasteiger partial charge in [0.05, 0.1) is 11.6 Å². The number of carbonyl (C=O) groups is 1. The molecule has 118 valence electrons. The predicted octanol–water partition coefficient (Wildman–Crippen LogP) is 2.85. The Morgan fingerprint density at radius 2 is 2.13 bits per heavy atom. The molecule has 1 aliphatic rings. The van der Waals surface area contributed by atoms with E-state index in [2.05, 4.69) is 11.2 Å². The molecule has 1 amide bonds. The lowest BCUT2D eigenvalue weighted by Gasteiger charge is -2.32. The van der Waals surface area contributed by atoms with E-state index in [-0.39, 0.29) is 11.9 Å². The maximum atomic E-state index is 13.0. The van der Waals surface area contributed by atoms with Crippen molar-refractivity contribution in [2.24, 2.45) is 7.05 Å². The molecule has 1 aliphatic heterocycles. The third kappa shape index (κ3) is 2.42. The zero-order valence-corrected chi connectivity index (χ0v) is 13.2. The van der Waals surface area contributed by atoms with Crippen molar-refractivity contribution in [1.29, 1.82) is 0 Å². The summed E-state index contributed by atoms with van der Waals surface area (Å²) in [6.07, 6.45) is 7.81. The highest BCUT2D eigenvalue weighted by Gasteiger charge is 2.27. The summed E-state index contributed by atoms with van der Waals surface area (Å²) >= 11 is 0. The monoisotopic (exact) mass is 308 g/mol. The van der Waals surface area contributed by atoms with Crippen LogP contribution in [0.25, 0.3) is 10.9 Å². The van der Waals surface area contributed by atoms with Gasteiger partial charge in [-0.2, -0.15) is 5.10 Å². The molecular formula is C18H20N4O. The van der Waals surface area contributed by atoms with Crippen molar-refractivity contribution in [3.05, 3.63) is 54.5 Å². The van der Waals surface area contributed by atoms with E-state index in [4.69, 9.17) is 0 Å². The van der Waals surface area contributed by atoms with Crippen LogP contribution in [0.15, 0.2) is 48.9 Å². The van der Waals surface area contributed by atoms with Gasteiger partial charge < -0.3 is 9.47 Å². The summed E-state index contributed by atoms with van der Waals surface area (Å²) in [5.74, 6) is 0.124. The number of hydrogen-bond acceptors (Lipinski definition) is 2. The number of piperidine rings is 1. The van der Waals surface area contributed by atoms with E-state index in [1.807, 2.05) is 57.9 Å². The van der Waals surface area contributed by atoms with Crippen LogP contribution < -0.4 is 0 Å². The zero-order valence-electron chi connectivity index (χ0n) is 13.2. The number of aromatic nitrogens is 3.